The predicted molar refractivity (Wildman–Crippen MR) is 44.8 cm³/mol. The molecule has 0 amide bonds. The summed E-state index contributed by atoms with van der Waals surface area (Å²) in [5.41, 5.74) is 9.01. The van der Waals surface area contributed by atoms with E-state index in [4.69, 9.17) is 5.53 Å². The van der Waals surface area contributed by atoms with Crippen molar-refractivity contribution in [2.75, 3.05) is 12.4 Å². The minimum Gasteiger partial charge on any atom is -0.388 e. The highest BCUT2D eigenvalue weighted by atomic mass is 19.1. The third-order valence-corrected chi connectivity index (χ3v) is 1.38. The Bertz CT molecular complexity index is 330. The average Bonchev–Trinajstić information content (AvgIpc) is 2.05. The minimum absolute atomic E-state index is 0.264. The molecule has 0 spiro atoms. The third kappa shape index (κ3) is 1.65. The molecular weight excluding hydrogens is 159 g/mol. The first-order valence-electron chi connectivity index (χ1n) is 3.30. The largest absolute Gasteiger partial charge is 0.388 e. The van der Waals surface area contributed by atoms with Gasteiger partial charge in [0.2, 0.25) is 0 Å². The first-order chi connectivity index (χ1) is 5.77. The van der Waals surface area contributed by atoms with E-state index in [1.54, 1.807) is 7.05 Å². The molecule has 1 rings (SSSR count). The number of anilines is 1. The quantitative estimate of drug-likeness (QED) is 0.410. The Morgan fingerprint density at radius 2 is 2.33 bits per heavy atom. The van der Waals surface area contributed by atoms with Crippen LogP contribution in [-0.2, 0) is 0 Å². The van der Waals surface area contributed by atoms with Crippen LogP contribution in [0.5, 0.6) is 0 Å². The van der Waals surface area contributed by atoms with Crippen molar-refractivity contribution in [3.8, 4) is 0 Å². The summed E-state index contributed by atoms with van der Waals surface area (Å²) in [6, 6.07) is 3.98. The molecule has 1 aromatic rings. The van der Waals surface area contributed by atoms with Gasteiger partial charge in [0.15, 0.2) is 0 Å². The molecule has 0 fully saturated rings. The summed E-state index contributed by atoms with van der Waals surface area (Å²) in [6.07, 6.45) is 0. The van der Waals surface area contributed by atoms with Crippen LogP contribution in [0.1, 0.15) is 0 Å². The summed E-state index contributed by atoms with van der Waals surface area (Å²) in [6.45, 7) is 0. The van der Waals surface area contributed by atoms with Crippen molar-refractivity contribution in [2.24, 2.45) is 5.11 Å². The Labute approximate surface area is 68.6 Å². The van der Waals surface area contributed by atoms with Gasteiger partial charge in [0.1, 0.15) is 5.82 Å². The van der Waals surface area contributed by atoms with Crippen LogP contribution in [0.25, 0.3) is 10.4 Å². The second kappa shape index (κ2) is 3.59. The van der Waals surface area contributed by atoms with Crippen molar-refractivity contribution in [3.05, 3.63) is 34.5 Å². The summed E-state index contributed by atoms with van der Waals surface area (Å²) in [5.74, 6) is -0.420. The fourth-order valence-electron chi connectivity index (χ4n) is 0.847. The SMILES string of the molecule is CNc1ccc(F)cc1N=[N+]=[N-]. The summed E-state index contributed by atoms with van der Waals surface area (Å²) in [5, 5.41) is 6.09. The van der Waals surface area contributed by atoms with E-state index in [9.17, 15) is 4.39 Å². The number of nitrogens with one attached hydrogen (secondary N) is 1. The Hall–Kier alpha value is -1.74. The zero-order chi connectivity index (χ0) is 8.97. The highest BCUT2D eigenvalue weighted by molar-refractivity contribution is 5.64. The second-order valence-corrected chi connectivity index (χ2v) is 2.10. The molecule has 0 aliphatic heterocycles. The molecule has 0 aliphatic carbocycles. The van der Waals surface area contributed by atoms with Gasteiger partial charge in [-0.1, -0.05) is 5.11 Å². The summed E-state index contributed by atoms with van der Waals surface area (Å²) in [7, 11) is 1.67. The van der Waals surface area contributed by atoms with E-state index in [-0.39, 0.29) is 5.69 Å². The average molecular weight is 166 g/mol. The van der Waals surface area contributed by atoms with Crippen molar-refractivity contribution in [2.45, 2.75) is 0 Å². The van der Waals surface area contributed by atoms with Gasteiger partial charge in [0.05, 0.1) is 5.69 Å². The number of nitrogens with zero attached hydrogens (tertiary/aromatic N) is 3. The van der Waals surface area contributed by atoms with Gasteiger partial charge < -0.3 is 5.32 Å². The molecule has 0 bridgehead atoms. The van der Waals surface area contributed by atoms with E-state index in [0.29, 0.717) is 5.69 Å². The van der Waals surface area contributed by atoms with Crippen LogP contribution in [0.4, 0.5) is 15.8 Å². The van der Waals surface area contributed by atoms with Crippen LogP contribution in [0, 0.1) is 5.82 Å². The van der Waals surface area contributed by atoms with E-state index >= 15 is 0 Å². The number of halogens is 1. The monoisotopic (exact) mass is 166 g/mol. The molecule has 12 heavy (non-hydrogen) atoms. The molecule has 62 valence electrons. The van der Waals surface area contributed by atoms with Gasteiger partial charge in [0.25, 0.3) is 0 Å². The van der Waals surface area contributed by atoms with E-state index < -0.39 is 5.82 Å². The van der Waals surface area contributed by atoms with Crippen molar-refractivity contribution in [1.82, 2.24) is 0 Å². The molecule has 1 N–H and O–H groups in total. The first kappa shape index (κ1) is 8.36. The Balaban J connectivity index is 3.20. The number of hydrogen-bond acceptors (Lipinski definition) is 2. The van der Waals surface area contributed by atoms with Crippen molar-refractivity contribution >= 4 is 11.4 Å². The molecule has 0 saturated carbocycles. The fourth-order valence-corrected chi connectivity index (χ4v) is 0.847. The zero-order valence-electron chi connectivity index (χ0n) is 6.45. The van der Waals surface area contributed by atoms with Crippen molar-refractivity contribution in [3.63, 3.8) is 0 Å². The van der Waals surface area contributed by atoms with Gasteiger partial charge in [-0.25, -0.2) is 4.39 Å². The molecule has 0 radical (unpaired) electrons. The van der Waals surface area contributed by atoms with Crippen LogP contribution >= 0.6 is 0 Å². The van der Waals surface area contributed by atoms with Gasteiger partial charge in [-0.2, -0.15) is 0 Å². The van der Waals surface area contributed by atoms with Crippen LogP contribution in [0.3, 0.4) is 0 Å². The topological polar surface area (TPSA) is 60.8 Å². The number of azide groups is 1. The van der Waals surface area contributed by atoms with Crippen molar-refractivity contribution in [1.29, 1.82) is 0 Å². The fraction of sp³-hybridized carbons (Fsp3) is 0.143. The molecule has 0 heterocycles. The molecule has 1 aromatic carbocycles. The van der Waals surface area contributed by atoms with Crippen molar-refractivity contribution < 1.29 is 4.39 Å². The van der Waals surface area contributed by atoms with Crippen LogP contribution in [-0.4, -0.2) is 7.05 Å². The molecule has 0 aromatic heterocycles. The lowest BCUT2D eigenvalue weighted by atomic mass is 10.2. The zero-order valence-corrected chi connectivity index (χ0v) is 6.45. The van der Waals surface area contributed by atoms with E-state index in [2.05, 4.69) is 15.3 Å². The molecule has 0 saturated heterocycles. The van der Waals surface area contributed by atoms with Gasteiger partial charge in [-0.15, -0.1) is 0 Å². The van der Waals surface area contributed by atoms with Crippen LogP contribution in [0.15, 0.2) is 23.3 Å². The summed E-state index contributed by atoms with van der Waals surface area (Å²) >= 11 is 0. The van der Waals surface area contributed by atoms with Gasteiger partial charge in [0, 0.05) is 17.6 Å². The highest BCUT2D eigenvalue weighted by Gasteiger charge is 1.98. The van der Waals surface area contributed by atoms with Crippen LogP contribution in [0.2, 0.25) is 0 Å². The molecule has 0 atom stereocenters. The molecule has 0 aliphatic rings. The molecule has 4 nitrogen and oxygen atoms in total. The normalized spacial score (nSPS) is 8.83. The summed E-state index contributed by atoms with van der Waals surface area (Å²) < 4.78 is 12.6. The Morgan fingerprint density at radius 3 is 2.92 bits per heavy atom. The maximum absolute atomic E-state index is 12.6. The lowest BCUT2D eigenvalue weighted by Crippen LogP contribution is -1.88. The number of rotatable bonds is 2. The molecule has 5 heteroatoms. The third-order valence-electron chi connectivity index (χ3n) is 1.38. The predicted octanol–water partition coefficient (Wildman–Crippen LogP) is 2.81. The number of hydrogen-bond donors (Lipinski definition) is 1. The lowest BCUT2D eigenvalue weighted by Gasteiger charge is -2.02. The maximum atomic E-state index is 12.6. The smallest absolute Gasteiger partial charge is 0.123 e. The highest BCUT2D eigenvalue weighted by Crippen LogP contribution is 2.25. The van der Waals surface area contributed by atoms with E-state index in [1.807, 2.05) is 0 Å². The molecule has 0 unspecified atom stereocenters. The Morgan fingerprint density at radius 1 is 1.58 bits per heavy atom. The molecular formula is C7H7FN4. The maximum Gasteiger partial charge on any atom is 0.123 e. The van der Waals surface area contributed by atoms with Crippen LogP contribution < -0.4 is 5.32 Å². The number of benzene rings is 1. The second-order valence-electron chi connectivity index (χ2n) is 2.10. The van der Waals surface area contributed by atoms with Gasteiger partial charge in [-0.05, 0) is 23.7 Å². The lowest BCUT2D eigenvalue weighted by molar-refractivity contribution is 0.628. The Kier molecular flexibility index (Phi) is 2.50. The van der Waals surface area contributed by atoms with Gasteiger partial charge in [-0.3, -0.25) is 0 Å². The summed E-state index contributed by atoms with van der Waals surface area (Å²) in [4.78, 5) is 2.57. The first-order valence-corrected chi connectivity index (χ1v) is 3.30. The van der Waals surface area contributed by atoms with E-state index in [0.717, 1.165) is 0 Å². The standard InChI is InChI=1S/C7H7FN4/c1-10-6-3-2-5(8)4-7(6)11-12-9/h2-4,10H,1H3. The van der Waals surface area contributed by atoms with E-state index in [1.165, 1.54) is 18.2 Å². The minimum atomic E-state index is -0.420. The van der Waals surface area contributed by atoms with Gasteiger partial charge >= 0.3 is 0 Å².